The van der Waals surface area contributed by atoms with E-state index in [1.54, 1.807) is 20.8 Å². The largest absolute Gasteiger partial charge is 0.425 e. The molecule has 0 heterocycles. The van der Waals surface area contributed by atoms with Crippen LogP contribution in [0.25, 0.3) is 0 Å². The topological polar surface area (TPSA) is 115 Å². The van der Waals surface area contributed by atoms with E-state index < -0.39 is 23.8 Å². The molecule has 1 unspecified atom stereocenters. The van der Waals surface area contributed by atoms with Gasteiger partial charge < -0.3 is 31.2 Å². The van der Waals surface area contributed by atoms with Crippen molar-refractivity contribution in [1.29, 1.82) is 0 Å². The molecule has 0 saturated carbocycles. The summed E-state index contributed by atoms with van der Waals surface area (Å²) in [6.07, 6.45) is -1.53. The lowest BCUT2D eigenvalue weighted by Crippen LogP contribution is -2.37. The summed E-state index contributed by atoms with van der Waals surface area (Å²) in [5.74, 6) is -0.417. The lowest BCUT2D eigenvalue weighted by molar-refractivity contribution is -0.174. The van der Waals surface area contributed by atoms with Crippen LogP contribution in [0.1, 0.15) is 27.7 Å². The van der Waals surface area contributed by atoms with Crippen molar-refractivity contribution in [3.63, 3.8) is 0 Å². The van der Waals surface area contributed by atoms with Crippen LogP contribution < -0.4 is 21.7 Å². The Balaban J connectivity index is 3.63. The van der Waals surface area contributed by atoms with Crippen LogP contribution in [-0.2, 0) is 14.3 Å². The van der Waals surface area contributed by atoms with Crippen molar-refractivity contribution in [1.82, 2.24) is 16.0 Å². The first-order chi connectivity index (χ1) is 10.3. The fraction of sp³-hybridized carbons (Fsp3) is 0.857. The molecule has 22 heavy (non-hydrogen) atoms. The van der Waals surface area contributed by atoms with E-state index in [0.29, 0.717) is 19.6 Å². The second kappa shape index (κ2) is 11.2. The zero-order valence-corrected chi connectivity index (χ0v) is 14.0. The van der Waals surface area contributed by atoms with Gasteiger partial charge in [0.15, 0.2) is 0 Å². The Morgan fingerprint density at radius 3 is 2.09 bits per heavy atom. The van der Waals surface area contributed by atoms with Crippen molar-refractivity contribution < 1.29 is 19.1 Å². The van der Waals surface area contributed by atoms with Gasteiger partial charge in [0.05, 0.1) is 5.41 Å². The summed E-state index contributed by atoms with van der Waals surface area (Å²) in [5.41, 5.74) is 4.71. The molecule has 0 radical (unpaired) electrons. The number of ether oxygens (including phenoxy) is 2. The van der Waals surface area contributed by atoms with Gasteiger partial charge in [-0.1, -0.05) is 0 Å². The first-order valence-electron chi connectivity index (χ1n) is 7.54. The van der Waals surface area contributed by atoms with Crippen molar-refractivity contribution in [2.24, 2.45) is 11.1 Å². The Morgan fingerprint density at radius 1 is 1.00 bits per heavy atom. The fourth-order valence-electron chi connectivity index (χ4n) is 1.33. The minimum absolute atomic E-state index is 0.417. The number of rotatable bonds is 10. The third kappa shape index (κ3) is 11.3. The predicted molar refractivity (Wildman–Crippen MR) is 84.3 cm³/mol. The molecule has 0 aromatic heterocycles. The third-order valence-corrected chi connectivity index (χ3v) is 2.53. The standard InChI is InChI=1S/C14H30N4O4/c1-11(21-12(19)14(2,3)4)22-13(20)18-10-9-17-8-7-16-6-5-15/h11,16-17H,5-10,15H2,1-4H3,(H,18,20). The molecular formula is C14H30N4O4. The first kappa shape index (κ1) is 20.6. The number of hydrogen-bond acceptors (Lipinski definition) is 7. The third-order valence-electron chi connectivity index (χ3n) is 2.53. The molecule has 0 bridgehead atoms. The van der Waals surface area contributed by atoms with Crippen molar-refractivity contribution in [2.45, 2.75) is 34.0 Å². The lowest BCUT2D eigenvalue weighted by atomic mass is 9.97. The molecule has 0 aliphatic carbocycles. The van der Waals surface area contributed by atoms with Crippen LogP contribution in [0.3, 0.4) is 0 Å². The van der Waals surface area contributed by atoms with Gasteiger partial charge >= 0.3 is 12.1 Å². The van der Waals surface area contributed by atoms with Crippen LogP contribution >= 0.6 is 0 Å². The number of hydrogen-bond donors (Lipinski definition) is 4. The van der Waals surface area contributed by atoms with Gasteiger partial charge in [0, 0.05) is 46.2 Å². The predicted octanol–water partition coefficient (Wildman–Crippen LogP) is -0.214. The van der Waals surface area contributed by atoms with Gasteiger partial charge in [-0.05, 0) is 20.8 Å². The van der Waals surface area contributed by atoms with E-state index in [1.807, 2.05) is 0 Å². The van der Waals surface area contributed by atoms with E-state index in [4.69, 9.17) is 15.2 Å². The Kier molecular flexibility index (Phi) is 10.5. The van der Waals surface area contributed by atoms with E-state index in [1.165, 1.54) is 6.92 Å². The summed E-state index contributed by atoms with van der Waals surface area (Å²) in [4.78, 5) is 23.1. The van der Waals surface area contributed by atoms with Gasteiger partial charge in [-0.15, -0.1) is 0 Å². The van der Waals surface area contributed by atoms with Gasteiger partial charge in [0.2, 0.25) is 6.29 Å². The van der Waals surface area contributed by atoms with E-state index in [0.717, 1.165) is 19.6 Å². The smallest absolute Gasteiger partial charge is 0.410 e. The number of nitrogens with one attached hydrogen (secondary N) is 3. The van der Waals surface area contributed by atoms with Gasteiger partial charge in [-0.2, -0.15) is 0 Å². The minimum atomic E-state index is -0.917. The van der Waals surface area contributed by atoms with E-state index in [9.17, 15) is 9.59 Å². The average molecular weight is 318 g/mol. The van der Waals surface area contributed by atoms with Crippen molar-refractivity contribution in [2.75, 3.05) is 39.3 Å². The van der Waals surface area contributed by atoms with Crippen LogP contribution in [-0.4, -0.2) is 57.6 Å². The maximum Gasteiger partial charge on any atom is 0.410 e. The SMILES string of the molecule is CC(OC(=O)NCCNCCNCCN)OC(=O)C(C)(C)C. The summed E-state index contributed by atoms with van der Waals surface area (Å²) in [6.45, 7) is 10.8. The maximum atomic E-state index is 11.6. The normalized spacial score (nSPS) is 12.6. The Hall–Kier alpha value is -1.38. The molecule has 1 atom stereocenters. The first-order valence-corrected chi connectivity index (χ1v) is 7.54. The molecular weight excluding hydrogens is 288 g/mol. The number of esters is 1. The van der Waals surface area contributed by atoms with E-state index in [2.05, 4.69) is 16.0 Å². The zero-order valence-electron chi connectivity index (χ0n) is 14.0. The minimum Gasteiger partial charge on any atom is -0.425 e. The molecule has 0 spiro atoms. The quantitative estimate of drug-likeness (QED) is 0.250. The highest BCUT2D eigenvalue weighted by molar-refractivity contribution is 5.75. The van der Waals surface area contributed by atoms with Gasteiger partial charge in [0.25, 0.3) is 0 Å². The van der Waals surface area contributed by atoms with Gasteiger partial charge in [0.1, 0.15) is 0 Å². The number of amides is 1. The number of carbonyl (C=O) groups is 2. The Bertz CT molecular complexity index is 331. The Morgan fingerprint density at radius 2 is 1.55 bits per heavy atom. The molecule has 0 aromatic carbocycles. The van der Waals surface area contributed by atoms with Gasteiger partial charge in [-0.25, -0.2) is 4.79 Å². The van der Waals surface area contributed by atoms with Gasteiger partial charge in [-0.3, -0.25) is 4.79 Å². The summed E-state index contributed by atoms with van der Waals surface area (Å²) in [7, 11) is 0. The highest BCUT2D eigenvalue weighted by atomic mass is 16.7. The van der Waals surface area contributed by atoms with E-state index >= 15 is 0 Å². The lowest BCUT2D eigenvalue weighted by Gasteiger charge is -2.20. The van der Waals surface area contributed by atoms with Crippen LogP contribution in [0.2, 0.25) is 0 Å². The highest BCUT2D eigenvalue weighted by Gasteiger charge is 2.26. The molecule has 130 valence electrons. The molecule has 0 fully saturated rings. The van der Waals surface area contributed by atoms with Crippen LogP contribution in [0.15, 0.2) is 0 Å². The second-order valence-electron chi connectivity index (χ2n) is 5.84. The molecule has 8 nitrogen and oxygen atoms in total. The van der Waals surface area contributed by atoms with Crippen molar-refractivity contribution in [3.8, 4) is 0 Å². The molecule has 8 heteroatoms. The summed E-state index contributed by atoms with van der Waals surface area (Å²) >= 11 is 0. The molecule has 0 aliphatic rings. The van der Waals surface area contributed by atoms with Crippen LogP contribution in [0.4, 0.5) is 4.79 Å². The zero-order chi connectivity index (χ0) is 17.0. The fourth-order valence-corrected chi connectivity index (χ4v) is 1.33. The highest BCUT2D eigenvalue weighted by Crippen LogP contribution is 2.16. The van der Waals surface area contributed by atoms with Crippen molar-refractivity contribution >= 4 is 12.1 Å². The monoisotopic (exact) mass is 318 g/mol. The number of alkyl carbamates (subject to hydrolysis) is 1. The van der Waals surface area contributed by atoms with Crippen LogP contribution in [0, 0.1) is 5.41 Å². The molecule has 0 aliphatic heterocycles. The number of nitrogens with two attached hydrogens (primary N) is 1. The molecule has 0 rings (SSSR count). The maximum absolute atomic E-state index is 11.6. The number of carbonyl (C=O) groups excluding carboxylic acids is 2. The summed E-state index contributed by atoms with van der Waals surface area (Å²) in [6, 6.07) is 0. The second-order valence-corrected chi connectivity index (χ2v) is 5.84. The van der Waals surface area contributed by atoms with E-state index in [-0.39, 0.29) is 0 Å². The summed E-state index contributed by atoms with van der Waals surface area (Å²) in [5, 5.41) is 8.86. The van der Waals surface area contributed by atoms with Crippen LogP contribution in [0.5, 0.6) is 0 Å². The van der Waals surface area contributed by atoms with Crippen molar-refractivity contribution in [3.05, 3.63) is 0 Å². The summed E-state index contributed by atoms with van der Waals surface area (Å²) < 4.78 is 9.94. The molecule has 1 amide bonds. The molecule has 0 saturated heterocycles. The molecule has 0 aromatic rings. The molecule has 5 N–H and O–H groups in total. The Labute approximate surface area is 132 Å². The average Bonchev–Trinajstić information content (AvgIpc) is 2.40.